The second kappa shape index (κ2) is 4.37. The quantitative estimate of drug-likeness (QED) is 0.420. The minimum Gasteiger partial charge on any atom is -0.313 e. The number of hydrogen-bond acceptors (Lipinski definition) is 2. The van der Waals surface area contributed by atoms with Gasteiger partial charge in [0.1, 0.15) is 0 Å². The van der Waals surface area contributed by atoms with E-state index >= 15 is 0 Å². The van der Waals surface area contributed by atoms with E-state index in [0.29, 0.717) is 0 Å². The number of hydrogen-bond donors (Lipinski definition) is 1. The number of nitrogens with zero attached hydrogens (tertiary/aromatic N) is 1. The van der Waals surface area contributed by atoms with Gasteiger partial charge in [0.2, 0.25) is 0 Å². The van der Waals surface area contributed by atoms with Gasteiger partial charge in [-0.3, -0.25) is 0 Å². The van der Waals surface area contributed by atoms with Crippen LogP contribution in [0.3, 0.4) is 0 Å². The van der Waals surface area contributed by atoms with Crippen molar-refractivity contribution in [2.24, 2.45) is 5.10 Å². The molecule has 0 amide bonds. The van der Waals surface area contributed by atoms with Gasteiger partial charge in [-0.25, -0.2) is 0 Å². The summed E-state index contributed by atoms with van der Waals surface area (Å²) in [6.45, 7) is 3.91. The molecule has 0 heterocycles. The molecule has 0 radical (unpaired) electrons. The van der Waals surface area contributed by atoms with Crippen molar-refractivity contribution in [1.29, 1.82) is 0 Å². The molecular weight excluding hydrogens is 100 g/mol. The van der Waals surface area contributed by atoms with Gasteiger partial charge in [-0.05, 0) is 19.9 Å². The van der Waals surface area contributed by atoms with Crippen LogP contribution < -0.4 is 5.43 Å². The van der Waals surface area contributed by atoms with Crippen molar-refractivity contribution in [1.82, 2.24) is 5.43 Å². The molecule has 0 aromatic carbocycles. The third kappa shape index (κ3) is 3.40. The smallest absolute Gasteiger partial charge is 0.0568 e. The first-order chi connectivity index (χ1) is 3.81. The van der Waals surface area contributed by atoms with Gasteiger partial charge in [-0.15, -0.1) is 0 Å². The van der Waals surface area contributed by atoms with Crippen molar-refractivity contribution >= 4 is 5.71 Å². The van der Waals surface area contributed by atoms with E-state index in [1.54, 1.807) is 7.05 Å². The van der Waals surface area contributed by atoms with Crippen LogP contribution in [0.1, 0.15) is 13.8 Å². The van der Waals surface area contributed by atoms with Gasteiger partial charge in [0.25, 0.3) is 0 Å². The van der Waals surface area contributed by atoms with Crippen molar-refractivity contribution in [2.45, 2.75) is 13.8 Å². The fourth-order valence-electron chi connectivity index (χ4n) is 0.455. The molecule has 0 unspecified atom stereocenters. The average Bonchev–Trinajstić information content (AvgIpc) is 1.68. The molecule has 0 aliphatic rings. The lowest BCUT2D eigenvalue weighted by Gasteiger charge is -1.87. The first-order valence-electron chi connectivity index (χ1n) is 2.65. The second-order valence-corrected chi connectivity index (χ2v) is 1.48. The first kappa shape index (κ1) is 7.21. The van der Waals surface area contributed by atoms with E-state index in [4.69, 9.17) is 0 Å². The van der Waals surface area contributed by atoms with Crippen molar-refractivity contribution in [3.05, 3.63) is 12.2 Å². The van der Waals surface area contributed by atoms with Gasteiger partial charge in [0.05, 0.1) is 5.71 Å². The zero-order chi connectivity index (χ0) is 6.41. The summed E-state index contributed by atoms with van der Waals surface area (Å²) in [6.07, 6.45) is 3.90. The molecule has 0 aliphatic heterocycles. The van der Waals surface area contributed by atoms with Gasteiger partial charge in [-0.2, -0.15) is 5.10 Å². The lowest BCUT2D eigenvalue weighted by atomic mass is 10.4. The molecule has 0 bridgehead atoms. The SMILES string of the molecule is C/C=C/C(C)=N\NC. The van der Waals surface area contributed by atoms with E-state index in [2.05, 4.69) is 10.5 Å². The van der Waals surface area contributed by atoms with Crippen molar-refractivity contribution in [3.8, 4) is 0 Å². The second-order valence-electron chi connectivity index (χ2n) is 1.48. The summed E-state index contributed by atoms with van der Waals surface area (Å²) in [5, 5.41) is 3.89. The molecule has 46 valence electrons. The molecule has 2 nitrogen and oxygen atoms in total. The van der Waals surface area contributed by atoms with Crippen molar-refractivity contribution in [3.63, 3.8) is 0 Å². The van der Waals surface area contributed by atoms with E-state index in [1.165, 1.54) is 0 Å². The molecule has 0 saturated carbocycles. The maximum Gasteiger partial charge on any atom is 0.0568 e. The third-order valence-corrected chi connectivity index (χ3v) is 0.696. The van der Waals surface area contributed by atoms with Gasteiger partial charge in [0, 0.05) is 7.05 Å². The molecular formula is C6H12N2. The summed E-state index contributed by atoms with van der Waals surface area (Å²) in [5.74, 6) is 0. The average molecular weight is 112 g/mol. The summed E-state index contributed by atoms with van der Waals surface area (Å²) in [5.41, 5.74) is 3.68. The Balaban J connectivity index is 3.61. The van der Waals surface area contributed by atoms with E-state index in [-0.39, 0.29) is 0 Å². The number of rotatable bonds is 2. The predicted octanol–water partition coefficient (Wildman–Crippen LogP) is 1.16. The van der Waals surface area contributed by atoms with E-state index in [0.717, 1.165) is 5.71 Å². The minimum absolute atomic E-state index is 0.995. The fourth-order valence-corrected chi connectivity index (χ4v) is 0.455. The summed E-state index contributed by atoms with van der Waals surface area (Å²) in [7, 11) is 1.78. The van der Waals surface area contributed by atoms with Crippen LogP contribution in [0.15, 0.2) is 17.3 Å². The molecule has 8 heavy (non-hydrogen) atoms. The van der Waals surface area contributed by atoms with Crippen LogP contribution in [0.25, 0.3) is 0 Å². The molecule has 0 rings (SSSR count). The highest BCUT2D eigenvalue weighted by Crippen LogP contribution is 1.75. The van der Waals surface area contributed by atoms with Crippen molar-refractivity contribution in [2.75, 3.05) is 7.05 Å². The summed E-state index contributed by atoms with van der Waals surface area (Å²) < 4.78 is 0. The Morgan fingerprint density at radius 2 is 2.25 bits per heavy atom. The zero-order valence-corrected chi connectivity index (χ0v) is 5.60. The number of nitrogens with one attached hydrogen (secondary N) is 1. The van der Waals surface area contributed by atoms with E-state index in [1.807, 2.05) is 26.0 Å². The topological polar surface area (TPSA) is 24.4 Å². The van der Waals surface area contributed by atoms with Crippen LogP contribution in [0.5, 0.6) is 0 Å². The molecule has 0 fully saturated rings. The lowest BCUT2D eigenvalue weighted by Crippen LogP contribution is -1.98. The minimum atomic E-state index is 0.995. The maximum absolute atomic E-state index is 3.89. The molecule has 0 aromatic heterocycles. The van der Waals surface area contributed by atoms with Crippen LogP contribution in [-0.2, 0) is 0 Å². The first-order valence-corrected chi connectivity index (χ1v) is 2.65. The molecule has 2 heteroatoms. The van der Waals surface area contributed by atoms with E-state index < -0.39 is 0 Å². The van der Waals surface area contributed by atoms with Gasteiger partial charge in [0.15, 0.2) is 0 Å². The Morgan fingerprint density at radius 3 is 2.62 bits per heavy atom. The molecule has 0 aromatic rings. The largest absolute Gasteiger partial charge is 0.313 e. The monoisotopic (exact) mass is 112 g/mol. The number of hydrazone groups is 1. The molecule has 0 aliphatic carbocycles. The Labute approximate surface area is 50.3 Å². The molecule has 1 N–H and O–H groups in total. The maximum atomic E-state index is 3.89. The van der Waals surface area contributed by atoms with Crippen LogP contribution in [0, 0.1) is 0 Å². The zero-order valence-electron chi connectivity index (χ0n) is 5.60. The highest BCUT2D eigenvalue weighted by atomic mass is 15.3. The highest BCUT2D eigenvalue weighted by Gasteiger charge is 1.75. The van der Waals surface area contributed by atoms with Gasteiger partial charge >= 0.3 is 0 Å². The van der Waals surface area contributed by atoms with E-state index in [9.17, 15) is 0 Å². The third-order valence-electron chi connectivity index (χ3n) is 0.696. The Bertz CT molecular complexity index is 103. The predicted molar refractivity (Wildman–Crippen MR) is 37.0 cm³/mol. The van der Waals surface area contributed by atoms with Crippen LogP contribution in [0.4, 0.5) is 0 Å². The van der Waals surface area contributed by atoms with Crippen LogP contribution >= 0.6 is 0 Å². The summed E-state index contributed by atoms with van der Waals surface area (Å²) >= 11 is 0. The van der Waals surface area contributed by atoms with Crippen LogP contribution in [0.2, 0.25) is 0 Å². The van der Waals surface area contributed by atoms with Crippen molar-refractivity contribution < 1.29 is 0 Å². The number of allylic oxidation sites excluding steroid dienone is 2. The highest BCUT2D eigenvalue weighted by molar-refractivity contribution is 5.92. The Kier molecular flexibility index (Phi) is 3.94. The summed E-state index contributed by atoms with van der Waals surface area (Å²) in [6, 6.07) is 0. The molecule has 0 saturated heterocycles. The molecule has 0 spiro atoms. The Morgan fingerprint density at radius 1 is 1.62 bits per heavy atom. The lowest BCUT2D eigenvalue weighted by molar-refractivity contribution is 0.901. The Hall–Kier alpha value is -0.790. The van der Waals surface area contributed by atoms with Gasteiger partial charge < -0.3 is 5.43 Å². The summed E-state index contributed by atoms with van der Waals surface area (Å²) in [4.78, 5) is 0. The standard InChI is InChI=1S/C6H12N2/c1-4-5-6(2)8-7-3/h4-5,7H,1-3H3/b5-4+,8-6-. The normalized spacial score (nSPS) is 12.6. The molecule has 0 atom stereocenters. The fraction of sp³-hybridized carbons (Fsp3) is 0.500. The van der Waals surface area contributed by atoms with Crippen LogP contribution in [-0.4, -0.2) is 12.8 Å². The van der Waals surface area contributed by atoms with Gasteiger partial charge in [-0.1, -0.05) is 6.08 Å².